The second kappa shape index (κ2) is 22.9. The third-order valence-electron chi connectivity index (χ3n) is 15.4. The summed E-state index contributed by atoms with van der Waals surface area (Å²) >= 11 is 0. The number of cyclic esters (lactones) is 1. The van der Waals surface area contributed by atoms with Crippen molar-refractivity contribution in [3.05, 3.63) is 191 Å². The molecule has 0 bridgehead atoms. The SMILES string of the molecule is COCCOC(=O)N1C(=O)[C@@]2(c3cc(C#CCN(C)Cc4ccccc4)ccc31)[C@H](C(=O)N1CCN(Cc3ccc4c(c3)OCO4)CC1)[C@H]1C(=O)O[C@H](c3ccccc3)[C@H](c3ccccc3)N1[C@@H]2c1cccc(OCCO)c1. The van der Waals surface area contributed by atoms with E-state index in [0.717, 1.165) is 21.6 Å². The van der Waals surface area contributed by atoms with Gasteiger partial charge in [-0.15, -0.1) is 0 Å². The number of aliphatic hydroxyl groups excluding tert-OH is 1. The minimum absolute atomic E-state index is 0.0200. The summed E-state index contributed by atoms with van der Waals surface area (Å²) in [4.78, 5) is 72.9. The van der Waals surface area contributed by atoms with E-state index in [1.807, 2.05) is 115 Å². The Kier molecular flexibility index (Phi) is 15.3. The number of ether oxygens (including phenoxy) is 6. The molecule has 400 valence electrons. The molecule has 0 saturated carbocycles. The molecule has 11 rings (SSSR count). The maximum Gasteiger partial charge on any atom is 0.421 e. The first-order valence-corrected chi connectivity index (χ1v) is 26.3. The lowest BCUT2D eigenvalue weighted by atomic mass is 9.64. The van der Waals surface area contributed by atoms with Gasteiger partial charge < -0.3 is 38.4 Å². The van der Waals surface area contributed by atoms with Gasteiger partial charge in [0.05, 0.1) is 43.4 Å². The predicted octanol–water partition coefficient (Wildman–Crippen LogP) is 7.06. The predicted molar refractivity (Wildman–Crippen MR) is 288 cm³/mol. The molecule has 1 spiro atoms. The molecule has 0 aliphatic carbocycles. The number of amides is 3. The molecule has 0 aromatic heterocycles. The van der Waals surface area contributed by atoms with E-state index in [0.29, 0.717) is 72.2 Å². The number of aliphatic hydroxyl groups is 1. The molecular formula is C62H61N5O11. The van der Waals surface area contributed by atoms with E-state index in [4.69, 9.17) is 28.4 Å². The molecule has 6 aromatic carbocycles. The highest BCUT2D eigenvalue weighted by Gasteiger charge is 2.76. The Morgan fingerprint density at radius 1 is 0.744 bits per heavy atom. The minimum atomic E-state index is -2.03. The van der Waals surface area contributed by atoms with Crippen LogP contribution in [0.5, 0.6) is 17.2 Å². The lowest BCUT2D eigenvalue weighted by Crippen LogP contribution is -2.59. The third kappa shape index (κ3) is 9.95. The summed E-state index contributed by atoms with van der Waals surface area (Å²) in [7, 11) is 3.47. The van der Waals surface area contributed by atoms with Crippen LogP contribution in [-0.4, -0.2) is 135 Å². The number of benzene rings is 6. The second-order valence-electron chi connectivity index (χ2n) is 20.1. The van der Waals surface area contributed by atoms with Crippen molar-refractivity contribution in [3.8, 4) is 29.1 Å². The van der Waals surface area contributed by atoms with E-state index in [1.165, 1.54) is 7.11 Å². The van der Waals surface area contributed by atoms with Gasteiger partial charge in [-0.2, -0.15) is 0 Å². The molecule has 5 aliphatic rings. The Labute approximate surface area is 453 Å². The molecule has 78 heavy (non-hydrogen) atoms. The van der Waals surface area contributed by atoms with Gasteiger partial charge in [0.15, 0.2) is 11.5 Å². The Morgan fingerprint density at radius 2 is 1.46 bits per heavy atom. The van der Waals surface area contributed by atoms with Crippen LogP contribution in [0.2, 0.25) is 0 Å². The van der Waals surface area contributed by atoms with Gasteiger partial charge in [0.25, 0.3) is 0 Å². The van der Waals surface area contributed by atoms with E-state index < -0.39 is 59.4 Å². The molecule has 0 unspecified atom stereocenters. The molecule has 5 aliphatic heterocycles. The fraction of sp³-hybridized carbons (Fsp3) is 0.323. The maximum atomic E-state index is 16.8. The van der Waals surface area contributed by atoms with Gasteiger partial charge in [-0.3, -0.25) is 29.1 Å². The molecular weight excluding hydrogens is 991 g/mol. The summed E-state index contributed by atoms with van der Waals surface area (Å²) in [5, 5.41) is 9.93. The Hall–Kier alpha value is -8.04. The van der Waals surface area contributed by atoms with Crippen LogP contribution in [0.3, 0.4) is 0 Å². The summed E-state index contributed by atoms with van der Waals surface area (Å²) in [5.41, 5.74) is 3.17. The number of imide groups is 1. The highest BCUT2D eigenvalue weighted by atomic mass is 16.7. The van der Waals surface area contributed by atoms with E-state index in [-0.39, 0.29) is 52.0 Å². The molecule has 3 saturated heterocycles. The zero-order valence-corrected chi connectivity index (χ0v) is 43.6. The number of esters is 1. The molecule has 6 aromatic rings. The fourth-order valence-corrected chi connectivity index (χ4v) is 12.0. The van der Waals surface area contributed by atoms with Crippen molar-refractivity contribution in [1.82, 2.24) is 19.6 Å². The number of piperazine rings is 1. The van der Waals surface area contributed by atoms with Crippen molar-refractivity contribution in [2.45, 2.75) is 42.7 Å². The van der Waals surface area contributed by atoms with Crippen molar-refractivity contribution in [2.24, 2.45) is 5.92 Å². The standard InChI is InChI=1S/C62H61N5O11/c1-63(39-43-14-6-3-7-15-43)27-13-16-42-23-25-50-49(36-42)62(60(71)66(50)61(72)75-35-34-73-2)53(58(69)65-30-28-64(29-31-65)40-44-24-26-51-52(37-44)77-41-76-51)55-59(70)78-56(46-19-10-5-11-20-46)54(45-17-8-4-9-18-45)67(55)57(62)47-21-12-22-48(38-47)74-33-32-68/h3-12,14-15,17-26,36-38,53-57,68H,27-35,39-41H2,1-2H3/t53-,54-,55-,56+,57+,62-/m0/s1. The summed E-state index contributed by atoms with van der Waals surface area (Å²) in [6, 6.07) is 44.2. The molecule has 3 amide bonds. The fourth-order valence-electron chi connectivity index (χ4n) is 12.0. The van der Waals surface area contributed by atoms with Crippen molar-refractivity contribution < 1.29 is 52.7 Å². The smallest absolute Gasteiger partial charge is 0.421 e. The zero-order chi connectivity index (χ0) is 53.8. The quantitative estimate of drug-likeness (QED) is 0.0633. The van der Waals surface area contributed by atoms with Crippen LogP contribution in [0.25, 0.3) is 0 Å². The number of hydrogen-bond acceptors (Lipinski definition) is 14. The second-order valence-corrected chi connectivity index (χ2v) is 20.1. The number of anilines is 1. The Morgan fingerprint density at radius 3 is 2.21 bits per heavy atom. The van der Waals surface area contributed by atoms with Crippen LogP contribution >= 0.6 is 0 Å². The number of hydrogen-bond donors (Lipinski definition) is 1. The molecule has 3 fully saturated rings. The van der Waals surface area contributed by atoms with Crippen LogP contribution in [0, 0.1) is 17.8 Å². The molecule has 16 heteroatoms. The zero-order valence-electron chi connectivity index (χ0n) is 43.6. The first kappa shape index (κ1) is 52.0. The van der Waals surface area contributed by atoms with Crippen molar-refractivity contribution in [1.29, 1.82) is 0 Å². The van der Waals surface area contributed by atoms with Gasteiger partial charge in [-0.05, 0) is 82.9 Å². The Bertz CT molecular complexity index is 3220. The highest BCUT2D eigenvalue weighted by Crippen LogP contribution is 2.66. The molecule has 0 radical (unpaired) electrons. The average Bonchev–Trinajstić information content (AvgIpc) is 3.12. The number of carbonyl (C=O) groups excluding carboxylic acids is 4. The van der Waals surface area contributed by atoms with Gasteiger partial charge >= 0.3 is 12.1 Å². The molecule has 1 N–H and O–H groups in total. The van der Waals surface area contributed by atoms with Gasteiger partial charge in [0.1, 0.15) is 36.5 Å². The van der Waals surface area contributed by atoms with Crippen LogP contribution in [0.4, 0.5) is 10.5 Å². The van der Waals surface area contributed by atoms with E-state index in [1.54, 1.807) is 41.3 Å². The first-order valence-electron chi connectivity index (χ1n) is 26.3. The normalized spacial score (nSPS) is 22.4. The minimum Gasteiger partial charge on any atom is -0.491 e. The van der Waals surface area contributed by atoms with Crippen LogP contribution < -0.4 is 19.1 Å². The maximum absolute atomic E-state index is 16.8. The largest absolute Gasteiger partial charge is 0.491 e. The van der Waals surface area contributed by atoms with Gasteiger partial charge in [0.2, 0.25) is 18.6 Å². The topological polar surface area (TPSA) is 160 Å². The Balaban J connectivity index is 1.10. The number of rotatable bonds is 15. The lowest BCUT2D eigenvalue weighted by molar-refractivity contribution is -0.179. The van der Waals surface area contributed by atoms with E-state index in [2.05, 4.69) is 33.8 Å². The van der Waals surface area contributed by atoms with Crippen molar-refractivity contribution >= 4 is 29.6 Å². The van der Waals surface area contributed by atoms with Crippen molar-refractivity contribution in [3.63, 3.8) is 0 Å². The summed E-state index contributed by atoms with van der Waals surface area (Å²) in [5.74, 6) is 5.07. The molecule has 5 heterocycles. The third-order valence-corrected chi connectivity index (χ3v) is 15.4. The molecule has 16 nitrogen and oxygen atoms in total. The van der Waals surface area contributed by atoms with Crippen LogP contribution in [0.15, 0.2) is 152 Å². The lowest BCUT2D eigenvalue weighted by Gasteiger charge is -2.46. The van der Waals surface area contributed by atoms with E-state index in [9.17, 15) is 9.90 Å². The van der Waals surface area contributed by atoms with Gasteiger partial charge in [0, 0.05) is 51.9 Å². The number of carbonyl (C=O) groups is 4. The average molecular weight is 1050 g/mol. The number of nitrogens with zero attached hydrogens (tertiary/aromatic N) is 5. The first-order chi connectivity index (χ1) is 38.2. The summed E-state index contributed by atoms with van der Waals surface area (Å²) in [6.45, 7) is 2.94. The summed E-state index contributed by atoms with van der Waals surface area (Å²) in [6.07, 6.45) is -1.89. The molecule has 6 atom stereocenters. The van der Waals surface area contributed by atoms with Crippen LogP contribution in [0.1, 0.15) is 57.1 Å². The number of morpholine rings is 1. The summed E-state index contributed by atoms with van der Waals surface area (Å²) < 4.78 is 35.1. The number of methoxy groups -OCH3 is 1. The van der Waals surface area contributed by atoms with Crippen LogP contribution in [-0.2, 0) is 47.1 Å². The highest BCUT2D eigenvalue weighted by molar-refractivity contribution is 6.23. The van der Waals surface area contributed by atoms with Gasteiger partial charge in [-0.25, -0.2) is 9.69 Å². The van der Waals surface area contributed by atoms with E-state index >= 15 is 14.4 Å². The number of fused-ring (bicyclic) bond motifs is 4. The van der Waals surface area contributed by atoms with Crippen molar-refractivity contribution in [2.75, 3.05) is 85.0 Å². The van der Waals surface area contributed by atoms with Gasteiger partial charge in [-0.1, -0.05) is 121 Å². The monoisotopic (exact) mass is 1050 g/mol.